The van der Waals surface area contributed by atoms with E-state index in [1.54, 1.807) is 68.0 Å². The molecule has 0 spiro atoms. The largest absolute Gasteiger partial charge is 0.435 e. The molecule has 4 heterocycles. The number of halogens is 6. The maximum Gasteiger partial charge on any atom is 0.435 e. The molecule has 6 unspecified atom stereocenters. The van der Waals surface area contributed by atoms with E-state index in [0.29, 0.717) is 52.8 Å². The van der Waals surface area contributed by atoms with Crippen molar-refractivity contribution in [3.63, 3.8) is 0 Å². The number of nitrogens with one attached hydrogen (secondary N) is 2. The fourth-order valence-corrected chi connectivity index (χ4v) is 8.92. The minimum atomic E-state index is -4.56. The molecule has 3 aromatic heterocycles. The summed E-state index contributed by atoms with van der Waals surface area (Å²) in [6, 6.07) is 20.1. The van der Waals surface area contributed by atoms with Crippen LogP contribution in [0.4, 0.5) is 26.3 Å². The second-order valence-corrected chi connectivity index (χ2v) is 16.6. The van der Waals surface area contributed by atoms with Crippen LogP contribution < -0.4 is 10.6 Å². The van der Waals surface area contributed by atoms with Gasteiger partial charge in [-0.05, 0) is 96.2 Å². The number of aromatic nitrogens is 5. The Morgan fingerprint density at radius 3 is 2.28 bits per heavy atom. The molecule has 11 nitrogen and oxygen atoms in total. The average molecular weight is 922 g/mol. The predicted molar refractivity (Wildman–Crippen MR) is 245 cm³/mol. The quantitative estimate of drug-likeness (QED) is 0.0860. The number of pyridine rings is 1. The summed E-state index contributed by atoms with van der Waals surface area (Å²) in [5.74, 6) is 1.68. The molecule has 2 N–H and O–H groups in total. The molecule has 0 bridgehead atoms. The Hall–Kier alpha value is -7.17. The molecule has 0 radical (unpaired) electrons. The molecule has 0 saturated heterocycles. The number of allylic oxidation sites excluding steroid dienone is 7. The second-order valence-electron chi connectivity index (χ2n) is 16.6. The molecule has 1 amide bonds. The zero-order valence-electron chi connectivity index (χ0n) is 37.1. The second kappa shape index (κ2) is 20.1. The van der Waals surface area contributed by atoms with Gasteiger partial charge in [0.15, 0.2) is 5.69 Å². The van der Waals surface area contributed by atoms with Gasteiger partial charge in [0, 0.05) is 61.0 Å². The molecule has 2 aromatic carbocycles. The van der Waals surface area contributed by atoms with Gasteiger partial charge < -0.3 is 10.6 Å². The van der Waals surface area contributed by atoms with Crippen LogP contribution in [-0.2, 0) is 12.4 Å². The van der Waals surface area contributed by atoms with E-state index in [1.807, 2.05) is 37.3 Å². The summed E-state index contributed by atoms with van der Waals surface area (Å²) in [7, 11) is 1.56. The summed E-state index contributed by atoms with van der Waals surface area (Å²) >= 11 is 0. The van der Waals surface area contributed by atoms with E-state index >= 15 is 0 Å². The highest BCUT2D eigenvalue weighted by atomic mass is 19.4. The lowest BCUT2D eigenvalue weighted by Gasteiger charge is -2.42. The Labute approximate surface area is 383 Å². The van der Waals surface area contributed by atoms with Gasteiger partial charge in [-0.15, -0.1) is 0 Å². The number of carbonyl (C=O) groups is 2. The maximum atomic E-state index is 13.8. The Bertz CT molecular complexity index is 2720. The van der Waals surface area contributed by atoms with E-state index in [0.717, 1.165) is 47.1 Å². The van der Waals surface area contributed by atoms with Gasteiger partial charge in [-0.1, -0.05) is 81.5 Å². The van der Waals surface area contributed by atoms with Gasteiger partial charge in [0.1, 0.15) is 18.0 Å². The third-order valence-electron chi connectivity index (χ3n) is 12.6. The van der Waals surface area contributed by atoms with E-state index in [2.05, 4.69) is 61.8 Å². The van der Waals surface area contributed by atoms with Gasteiger partial charge in [-0.3, -0.25) is 24.2 Å². The number of rotatable bonds is 9. The Morgan fingerprint density at radius 1 is 0.955 bits per heavy atom. The highest BCUT2D eigenvalue weighted by Gasteiger charge is 2.53. The highest BCUT2D eigenvalue weighted by Crippen LogP contribution is 2.59. The number of hydrogen-bond acceptors (Lipinski definition) is 6. The lowest BCUT2D eigenvalue weighted by Crippen LogP contribution is -2.38. The molecule has 1 aliphatic heterocycles. The standard InChI is InChI=1S/C28H30F3N3O.C15H13F3N6.C7H6O/c1-4-27-13-12-23(27)20(14-18(27)3)16-32-26(35)19-8-10-21(11-9-19)34-25(28(29,30)31)15-24(33-34)22-7-5-6-17(22)2;1-19-14-21-6-4-11(9-22-14)24-12(10-3-2-5-20-8-10)7-13(23-24)15(16,17)18;8-6-7-4-2-1-3-5-7/h5-13,15,17-18,20,23H,4,14,16H2,1-3H3,(H,32,35);2-9,11H,1H3,(H,19,21);1-6H. The average Bonchev–Trinajstić information content (AvgIpc) is 4.07. The van der Waals surface area contributed by atoms with E-state index in [4.69, 9.17) is 0 Å². The smallest absolute Gasteiger partial charge is 0.352 e. The number of aldehydes is 1. The van der Waals surface area contributed by atoms with Crippen LogP contribution in [-0.4, -0.2) is 62.5 Å². The Balaban J connectivity index is 0.000000179. The fraction of sp³-hybridized carbons (Fsp3) is 0.300. The zero-order valence-corrected chi connectivity index (χ0v) is 37.1. The van der Waals surface area contributed by atoms with Crippen LogP contribution >= 0.6 is 0 Å². The summed E-state index contributed by atoms with van der Waals surface area (Å²) in [6.07, 6.45) is 11.8. The lowest BCUT2D eigenvalue weighted by molar-refractivity contribution is -0.143. The number of hydrogen-bond donors (Lipinski definition) is 2. The maximum absolute atomic E-state index is 13.8. The van der Waals surface area contributed by atoms with Crippen LogP contribution in [0.25, 0.3) is 22.5 Å². The molecule has 17 heteroatoms. The van der Waals surface area contributed by atoms with Crippen molar-refractivity contribution < 1.29 is 35.9 Å². The monoisotopic (exact) mass is 921 g/mol. The van der Waals surface area contributed by atoms with Crippen LogP contribution in [0.1, 0.15) is 77.5 Å². The van der Waals surface area contributed by atoms with Crippen LogP contribution in [0.3, 0.4) is 0 Å². The lowest BCUT2D eigenvalue weighted by atomic mass is 9.62. The topological polar surface area (TPSA) is 131 Å². The van der Waals surface area contributed by atoms with Gasteiger partial charge >= 0.3 is 12.4 Å². The molecule has 4 aliphatic rings. The number of fused-ring (bicyclic) bond motifs is 1. The fourth-order valence-electron chi connectivity index (χ4n) is 8.92. The normalized spacial score (nSPS) is 23.2. The molecule has 1 saturated carbocycles. The molecule has 5 aromatic rings. The molecule has 348 valence electrons. The first kappa shape index (κ1) is 47.8. The van der Waals surface area contributed by atoms with Crippen LogP contribution in [0, 0.1) is 29.1 Å². The van der Waals surface area contributed by atoms with Crippen LogP contribution in [0.15, 0.2) is 144 Å². The van der Waals surface area contributed by atoms with Crippen LogP contribution in [0.5, 0.6) is 0 Å². The number of nitrogens with zero attached hydrogens (tertiary/aromatic N) is 7. The van der Waals surface area contributed by atoms with Crippen LogP contribution in [0.2, 0.25) is 0 Å². The van der Waals surface area contributed by atoms with E-state index in [1.165, 1.54) is 29.2 Å². The zero-order chi connectivity index (χ0) is 47.9. The third-order valence-corrected chi connectivity index (χ3v) is 12.6. The minimum Gasteiger partial charge on any atom is -0.352 e. The Morgan fingerprint density at radius 2 is 1.72 bits per heavy atom. The first-order valence-corrected chi connectivity index (χ1v) is 21.7. The number of carbonyl (C=O) groups excluding carboxylic acids is 2. The molecule has 1 fully saturated rings. The van der Waals surface area contributed by atoms with Crippen molar-refractivity contribution in [2.75, 3.05) is 13.6 Å². The van der Waals surface area contributed by atoms with Crippen molar-refractivity contribution in [3.8, 4) is 16.9 Å². The first-order chi connectivity index (χ1) is 32.1. The van der Waals surface area contributed by atoms with E-state index in [9.17, 15) is 35.9 Å². The van der Waals surface area contributed by atoms with Gasteiger partial charge in [-0.25, -0.2) is 9.67 Å². The SMILES string of the molecule is CCC12C=CC1C(CNC(=O)c1ccc(-n3nc(C4=CC=CC4C)cc3C(F)(F)F)cc1)CC2C.CN=C1N=CC(n2nc(C(F)(F)F)cc2-c2cccnc2)C=CN1.O=Cc1ccccc1. The Kier molecular flexibility index (Phi) is 14.4. The summed E-state index contributed by atoms with van der Waals surface area (Å²) in [6.45, 7) is 7.04. The molecule has 67 heavy (non-hydrogen) atoms. The number of guanidine groups is 1. The predicted octanol–water partition coefficient (Wildman–Crippen LogP) is 10.6. The van der Waals surface area contributed by atoms with Crippen molar-refractivity contribution in [1.82, 2.24) is 35.2 Å². The number of alkyl halides is 6. The number of aliphatic imine (C=N–C) groups is 2. The van der Waals surface area contributed by atoms with Gasteiger partial charge in [-0.2, -0.15) is 36.5 Å². The summed E-state index contributed by atoms with van der Waals surface area (Å²) in [5.41, 5.74) is 1.76. The number of benzene rings is 2. The first-order valence-electron chi connectivity index (χ1n) is 21.7. The number of amides is 1. The van der Waals surface area contributed by atoms with E-state index < -0.39 is 29.8 Å². The van der Waals surface area contributed by atoms with Gasteiger partial charge in [0.25, 0.3) is 5.91 Å². The highest BCUT2D eigenvalue weighted by molar-refractivity contribution is 5.94. The molecule has 6 atom stereocenters. The van der Waals surface area contributed by atoms with Crippen molar-refractivity contribution in [3.05, 3.63) is 162 Å². The molecule has 9 rings (SSSR count). The van der Waals surface area contributed by atoms with Crippen molar-refractivity contribution in [1.29, 1.82) is 0 Å². The molecular weight excluding hydrogens is 873 g/mol. The summed E-state index contributed by atoms with van der Waals surface area (Å²) < 4.78 is 82.7. The van der Waals surface area contributed by atoms with E-state index in [-0.39, 0.29) is 22.9 Å². The third kappa shape index (κ3) is 10.6. The van der Waals surface area contributed by atoms with Crippen molar-refractivity contribution in [2.45, 2.75) is 52.0 Å². The molecular formula is C50H49F6N9O2. The molecule has 3 aliphatic carbocycles. The van der Waals surface area contributed by atoms with Gasteiger partial charge in [0.05, 0.1) is 17.1 Å². The van der Waals surface area contributed by atoms with Crippen molar-refractivity contribution in [2.24, 2.45) is 39.1 Å². The summed E-state index contributed by atoms with van der Waals surface area (Å²) in [4.78, 5) is 34.7. The minimum absolute atomic E-state index is 0.00581. The van der Waals surface area contributed by atoms with Gasteiger partial charge in [0.2, 0.25) is 5.96 Å². The van der Waals surface area contributed by atoms with Crippen molar-refractivity contribution >= 4 is 29.9 Å². The summed E-state index contributed by atoms with van der Waals surface area (Å²) in [5, 5.41) is 13.9.